The highest BCUT2D eigenvalue weighted by Crippen LogP contribution is 2.28. The van der Waals surface area contributed by atoms with E-state index in [1.165, 1.54) is 56.5 Å². The van der Waals surface area contributed by atoms with Crippen LogP contribution in [0.4, 0.5) is 5.13 Å². The zero-order valence-corrected chi connectivity index (χ0v) is 17.6. The number of rotatable bonds is 5. The van der Waals surface area contributed by atoms with Crippen molar-refractivity contribution in [2.45, 2.75) is 44.7 Å². The summed E-state index contributed by atoms with van der Waals surface area (Å²) >= 11 is 7.48. The molecule has 150 valence electrons. The Morgan fingerprint density at radius 3 is 2.71 bits per heavy atom. The van der Waals surface area contributed by atoms with Crippen LogP contribution in [0.15, 0.2) is 30.5 Å². The molecule has 2 saturated heterocycles. The number of thiazole rings is 1. The maximum absolute atomic E-state index is 12.5. The van der Waals surface area contributed by atoms with E-state index < -0.39 is 0 Å². The Balaban J connectivity index is 1.28. The molecule has 5 nitrogen and oxygen atoms in total. The summed E-state index contributed by atoms with van der Waals surface area (Å²) in [6.45, 7) is 5.04. The highest BCUT2D eigenvalue weighted by atomic mass is 35.5. The quantitative estimate of drug-likeness (QED) is 0.791. The Bertz CT molecular complexity index is 797. The van der Waals surface area contributed by atoms with Crippen LogP contribution in [0.2, 0.25) is 5.02 Å². The van der Waals surface area contributed by atoms with Crippen molar-refractivity contribution >= 4 is 34.0 Å². The number of amides is 1. The first-order valence-electron chi connectivity index (χ1n) is 10.2. The molecule has 1 aromatic heterocycles. The lowest BCUT2D eigenvalue weighted by molar-refractivity contribution is 0.0954. The molecule has 28 heavy (non-hydrogen) atoms. The fraction of sp³-hybridized carbons (Fsp3) is 0.524. The molecule has 0 saturated carbocycles. The number of hydrogen-bond donors (Lipinski definition) is 1. The van der Waals surface area contributed by atoms with Gasteiger partial charge in [0.2, 0.25) is 0 Å². The van der Waals surface area contributed by atoms with Gasteiger partial charge in [-0.2, -0.15) is 0 Å². The third kappa shape index (κ3) is 4.85. The van der Waals surface area contributed by atoms with E-state index in [0.717, 1.165) is 29.8 Å². The molecule has 0 bridgehead atoms. The van der Waals surface area contributed by atoms with Gasteiger partial charge in [0.15, 0.2) is 5.13 Å². The van der Waals surface area contributed by atoms with E-state index in [1.54, 1.807) is 6.20 Å². The zero-order valence-electron chi connectivity index (χ0n) is 16.1. The summed E-state index contributed by atoms with van der Waals surface area (Å²) in [6.07, 6.45) is 8.16. The van der Waals surface area contributed by atoms with Gasteiger partial charge in [0, 0.05) is 30.7 Å². The molecule has 1 amide bonds. The number of hydrogen-bond acceptors (Lipinski definition) is 5. The third-order valence-electron chi connectivity index (χ3n) is 5.70. The van der Waals surface area contributed by atoms with Crippen molar-refractivity contribution in [2.24, 2.45) is 0 Å². The highest BCUT2D eigenvalue weighted by molar-refractivity contribution is 7.17. The lowest BCUT2D eigenvalue weighted by atomic mass is 10.0. The van der Waals surface area contributed by atoms with Gasteiger partial charge in [-0.25, -0.2) is 4.98 Å². The average Bonchev–Trinajstić information content (AvgIpc) is 3.23. The lowest BCUT2D eigenvalue weighted by Crippen LogP contribution is -2.46. The van der Waals surface area contributed by atoms with Crippen LogP contribution in [-0.4, -0.2) is 48.0 Å². The van der Waals surface area contributed by atoms with Crippen molar-refractivity contribution in [1.82, 2.24) is 15.2 Å². The molecule has 0 unspecified atom stereocenters. The van der Waals surface area contributed by atoms with Crippen LogP contribution in [0.5, 0.6) is 0 Å². The summed E-state index contributed by atoms with van der Waals surface area (Å²) in [5, 5.41) is 4.60. The molecule has 0 spiro atoms. The van der Waals surface area contributed by atoms with Gasteiger partial charge in [-0.3, -0.25) is 4.79 Å². The molecular formula is C21H27ClN4OS. The van der Waals surface area contributed by atoms with Crippen LogP contribution in [0.25, 0.3) is 0 Å². The first kappa shape index (κ1) is 19.7. The number of benzene rings is 1. The Kier molecular flexibility index (Phi) is 6.50. The predicted molar refractivity (Wildman–Crippen MR) is 115 cm³/mol. The van der Waals surface area contributed by atoms with E-state index >= 15 is 0 Å². The van der Waals surface area contributed by atoms with Gasteiger partial charge in [0.05, 0.1) is 6.20 Å². The minimum atomic E-state index is -0.0769. The lowest BCUT2D eigenvalue weighted by Gasteiger charge is -2.40. The second kappa shape index (κ2) is 9.25. The molecule has 7 heteroatoms. The van der Waals surface area contributed by atoms with Gasteiger partial charge in [-0.1, -0.05) is 41.5 Å². The third-order valence-corrected chi connectivity index (χ3v) is 6.99. The molecular weight excluding hydrogens is 392 g/mol. The zero-order chi connectivity index (χ0) is 19.3. The van der Waals surface area contributed by atoms with Crippen molar-refractivity contribution in [3.63, 3.8) is 0 Å². The topological polar surface area (TPSA) is 48.5 Å². The molecule has 3 heterocycles. The van der Waals surface area contributed by atoms with Crippen LogP contribution in [0, 0.1) is 0 Å². The predicted octanol–water partition coefficient (Wildman–Crippen LogP) is 4.18. The molecule has 2 aliphatic heterocycles. The van der Waals surface area contributed by atoms with Gasteiger partial charge in [-0.05, 0) is 56.5 Å². The largest absolute Gasteiger partial charge is 0.348 e. The molecule has 1 N–H and O–H groups in total. The summed E-state index contributed by atoms with van der Waals surface area (Å²) in [6, 6.07) is 8.26. The first-order chi connectivity index (χ1) is 13.7. The van der Waals surface area contributed by atoms with Crippen LogP contribution >= 0.6 is 22.9 Å². The molecule has 1 aromatic carbocycles. The second-order valence-corrected chi connectivity index (χ2v) is 9.08. The molecule has 2 aliphatic rings. The minimum Gasteiger partial charge on any atom is -0.348 e. The summed E-state index contributed by atoms with van der Waals surface area (Å²) in [5.74, 6) is -0.0769. The molecule has 4 rings (SSSR count). The van der Waals surface area contributed by atoms with Crippen LogP contribution in [0.1, 0.15) is 47.3 Å². The smallest absolute Gasteiger partial charge is 0.263 e. The van der Waals surface area contributed by atoms with Crippen LogP contribution < -0.4 is 10.2 Å². The number of nitrogens with zero attached hydrogens (tertiary/aromatic N) is 3. The molecule has 2 aromatic rings. The van der Waals surface area contributed by atoms with Gasteiger partial charge >= 0.3 is 0 Å². The van der Waals surface area contributed by atoms with E-state index in [2.05, 4.69) is 20.1 Å². The van der Waals surface area contributed by atoms with Gasteiger partial charge < -0.3 is 15.1 Å². The highest BCUT2D eigenvalue weighted by Gasteiger charge is 2.27. The van der Waals surface area contributed by atoms with Crippen molar-refractivity contribution in [3.8, 4) is 0 Å². The maximum atomic E-state index is 12.5. The number of aromatic nitrogens is 1. The van der Waals surface area contributed by atoms with Gasteiger partial charge in [-0.15, -0.1) is 0 Å². The Morgan fingerprint density at radius 1 is 1.18 bits per heavy atom. The SMILES string of the molecule is O=C(NCc1cccc(Cl)c1)c1cnc(N2CCC(N3CCCCC3)CC2)s1. The van der Waals surface area contributed by atoms with Gasteiger partial charge in [0.1, 0.15) is 4.88 Å². The van der Waals surface area contributed by atoms with Crippen molar-refractivity contribution in [2.75, 3.05) is 31.1 Å². The van der Waals surface area contributed by atoms with Crippen molar-refractivity contribution < 1.29 is 4.79 Å². The van der Waals surface area contributed by atoms with Crippen LogP contribution in [0.3, 0.4) is 0 Å². The van der Waals surface area contributed by atoms with E-state index in [0.29, 0.717) is 16.4 Å². The van der Waals surface area contributed by atoms with Gasteiger partial charge in [0.25, 0.3) is 5.91 Å². The summed E-state index contributed by atoms with van der Waals surface area (Å²) in [4.78, 5) is 22.6. The number of carbonyl (C=O) groups is 1. The Hall–Kier alpha value is -1.63. The summed E-state index contributed by atoms with van der Waals surface area (Å²) in [5.41, 5.74) is 0.991. The standard InChI is InChI=1S/C21H27ClN4OS/c22-17-6-4-5-16(13-17)14-23-20(27)19-15-24-21(28-19)26-11-7-18(8-12-26)25-9-2-1-3-10-25/h4-6,13,15,18H,1-3,7-12,14H2,(H,23,27). The second-order valence-electron chi connectivity index (χ2n) is 7.63. The number of halogens is 1. The fourth-order valence-corrected chi connectivity index (χ4v) is 5.24. The molecule has 0 radical (unpaired) electrons. The Labute approximate surface area is 175 Å². The number of nitrogens with one attached hydrogen (secondary N) is 1. The maximum Gasteiger partial charge on any atom is 0.263 e. The number of anilines is 1. The molecule has 0 atom stereocenters. The fourth-order valence-electron chi connectivity index (χ4n) is 4.14. The van der Waals surface area contributed by atoms with E-state index in [9.17, 15) is 4.79 Å². The monoisotopic (exact) mass is 418 g/mol. The average molecular weight is 419 g/mol. The Morgan fingerprint density at radius 2 is 1.96 bits per heavy atom. The van der Waals surface area contributed by atoms with E-state index in [-0.39, 0.29) is 5.91 Å². The minimum absolute atomic E-state index is 0.0769. The number of likely N-dealkylation sites (tertiary alicyclic amines) is 1. The first-order valence-corrected chi connectivity index (χ1v) is 11.4. The molecule has 0 aliphatic carbocycles. The number of carbonyl (C=O) groups excluding carboxylic acids is 1. The van der Waals surface area contributed by atoms with Crippen molar-refractivity contribution in [1.29, 1.82) is 0 Å². The normalized spacial score (nSPS) is 19.0. The van der Waals surface area contributed by atoms with Crippen molar-refractivity contribution in [3.05, 3.63) is 45.9 Å². The summed E-state index contributed by atoms with van der Waals surface area (Å²) in [7, 11) is 0. The van der Waals surface area contributed by atoms with E-state index in [1.807, 2.05) is 24.3 Å². The van der Waals surface area contributed by atoms with Crippen LogP contribution in [-0.2, 0) is 6.54 Å². The number of piperidine rings is 2. The summed E-state index contributed by atoms with van der Waals surface area (Å²) < 4.78 is 0. The van der Waals surface area contributed by atoms with E-state index in [4.69, 9.17) is 11.6 Å². The molecule has 2 fully saturated rings.